The lowest BCUT2D eigenvalue weighted by molar-refractivity contribution is 0.411. The molecule has 1 saturated heterocycles. The minimum atomic E-state index is -0.102. The number of likely N-dealkylation sites (N-methyl/N-ethyl adjacent to an activating group) is 4. The molecular weight excluding hydrogens is 1490 g/mol. The molecule has 12 heterocycles. The maximum Gasteiger partial charge on any atom is 0.205 e. The molecule has 11 N–H and O–H groups in total. The Balaban J connectivity index is 0.000000182. The molecule has 0 spiro atoms. The van der Waals surface area contributed by atoms with Gasteiger partial charge in [0.15, 0.2) is 29.8 Å². The summed E-state index contributed by atoms with van der Waals surface area (Å²) < 4.78 is 0. The van der Waals surface area contributed by atoms with Crippen molar-refractivity contribution in [1.29, 1.82) is 0 Å². The van der Waals surface area contributed by atoms with E-state index in [2.05, 4.69) is 242 Å². The predicted molar refractivity (Wildman–Crippen MR) is 467 cm³/mol. The third kappa shape index (κ3) is 30.9. The molecule has 0 bridgehead atoms. The van der Waals surface area contributed by atoms with Crippen LogP contribution in [-0.2, 0) is 38.5 Å². The summed E-state index contributed by atoms with van der Waals surface area (Å²) in [4.78, 5) is 69.4. The van der Waals surface area contributed by atoms with Crippen LogP contribution in [0.5, 0.6) is 0 Å². The maximum atomic E-state index is 5.68. The molecule has 36 heteroatoms. The lowest BCUT2D eigenvalue weighted by Gasteiger charge is -2.35. The van der Waals surface area contributed by atoms with Gasteiger partial charge in [-0.25, -0.2) is 39.9 Å². The molecule has 6 aliphatic heterocycles. The molecule has 0 aromatic carbocycles. The monoisotopic (exact) mass is 1600 g/mol. The van der Waals surface area contributed by atoms with E-state index in [1.165, 1.54) is 33.4 Å². The molecule has 6 aromatic rings. The Labute approximate surface area is 670 Å². The van der Waals surface area contributed by atoms with Crippen LogP contribution in [0.4, 0.5) is 0 Å². The number of hydrogen-bond donors (Lipinski definition) is 10. The van der Waals surface area contributed by atoms with E-state index >= 15 is 0 Å². The molecule has 594 valence electrons. The van der Waals surface area contributed by atoms with Crippen LogP contribution in [0.2, 0.25) is 0 Å². The first kappa shape index (κ1) is 86.9. The Kier molecular flexibility index (Phi) is 36.3. The van der Waals surface area contributed by atoms with Crippen molar-refractivity contribution in [3.05, 3.63) is 134 Å². The van der Waals surface area contributed by atoms with Gasteiger partial charge in [-0.1, -0.05) is 0 Å². The van der Waals surface area contributed by atoms with Crippen LogP contribution in [-0.4, -0.2) is 279 Å². The van der Waals surface area contributed by atoms with Gasteiger partial charge in [0.1, 0.15) is 30.8 Å². The number of nitrogens with zero attached hydrogens (tertiary/aromatic N) is 20. The fourth-order valence-electron chi connectivity index (χ4n) is 10.6. The van der Waals surface area contributed by atoms with Gasteiger partial charge >= 0.3 is 0 Å². The summed E-state index contributed by atoms with van der Waals surface area (Å²) in [6.07, 6.45) is 6.15. The molecule has 0 aliphatic carbocycles. The zero-order valence-corrected chi connectivity index (χ0v) is 71.7. The highest BCUT2D eigenvalue weighted by Gasteiger charge is 2.25. The van der Waals surface area contributed by atoms with Crippen molar-refractivity contribution in [3.63, 3.8) is 0 Å². The van der Waals surface area contributed by atoms with Crippen LogP contribution < -0.4 is 53.6 Å². The normalized spacial score (nSPS) is 20.4. The summed E-state index contributed by atoms with van der Waals surface area (Å²) in [6.45, 7) is 17.3. The van der Waals surface area contributed by atoms with Crippen molar-refractivity contribution < 1.29 is 0 Å². The highest BCUT2D eigenvalue weighted by atomic mass is 32.1. The molecule has 109 heavy (non-hydrogen) atoms. The average molecular weight is 1610 g/mol. The number of aliphatic imine (C=N–C) groups is 12. The smallest absolute Gasteiger partial charge is 0.205 e. The van der Waals surface area contributed by atoms with E-state index in [-0.39, 0.29) is 37.0 Å². The van der Waals surface area contributed by atoms with Crippen LogP contribution in [0.25, 0.3) is 0 Å². The second-order valence-corrected chi connectivity index (χ2v) is 31.3. The van der Waals surface area contributed by atoms with E-state index in [9.17, 15) is 0 Å². The second-order valence-electron chi connectivity index (χ2n) is 26.6. The Bertz CT molecular complexity index is 3980. The number of hydrogen-bond acceptors (Lipinski definition) is 29. The topological polar surface area (TPSA) is 309 Å². The van der Waals surface area contributed by atoms with Crippen LogP contribution in [0.15, 0.2) is 161 Å². The molecule has 0 radical (unpaired) electrons. The Morgan fingerprint density at radius 2 is 0.697 bits per heavy atom. The number of thiophene rings is 6. The Morgan fingerprint density at radius 1 is 0.367 bits per heavy atom. The van der Waals surface area contributed by atoms with E-state index in [0.29, 0.717) is 5.96 Å². The van der Waals surface area contributed by atoms with Gasteiger partial charge < -0.3 is 61.3 Å². The molecule has 0 amide bonds. The molecule has 6 aromatic heterocycles. The first-order valence-electron chi connectivity index (χ1n) is 36.3. The molecule has 1 fully saturated rings. The summed E-state index contributed by atoms with van der Waals surface area (Å²) in [5, 5.41) is 54.1. The summed E-state index contributed by atoms with van der Waals surface area (Å²) in [5.74, 6) is 9.74. The highest BCUT2D eigenvalue weighted by Crippen LogP contribution is 2.16. The summed E-state index contributed by atoms with van der Waals surface area (Å²) in [7, 11) is 25.6. The molecule has 0 saturated carbocycles. The predicted octanol–water partition coefficient (Wildman–Crippen LogP) is 7.04. The van der Waals surface area contributed by atoms with Crippen LogP contribution in [0, 0.1) is 0 Å². The molecule has 30 nitrogen and oxygen atoms in total. The first-order valence-corrected chi connectivity index (χ1v) is 42.0. The first-order chi connectivity index (χ1) is 52.3. The average Bonchev–Trinajstić information content (AvgIpc) is 0.948. The number of nitrogens with one attached hydrogen (secondary N) is 9. The third-order valence-corrected chi connectivity index (χ3v) is 20.9. The fourth-order valence-corrected chi connectivity index (χ4v) is 14.8. The number of rotatable bonds is 18. The minimum Gasteiger partial charge on any atom is -0.370 e. The number of guanidine groups is 12. The standard InChI is InChI=1S/C14H23N5S.C13H21N5S.2C12H19N5S.2C11H17N5S/c1-11-15-13(17(2)3)19(5)14(16-11)18(4)8-6-12-7-9-20-10-12;1-10-14-12(17(2)3)16-13(15-10)18(4)7-5-11-6-8-19-9-11;1-9-14-11(16-12(15-9)17(2)3)13-6-4-10-5-7-18-8-10;1-9-14-11(13-2)16-12(15-9)17(3)6-4-10-5-7-18-8-10;1-8-13-10(12)15-11(14-8)16(2)5-3-9-4-6-17-7-9;1-8-14-10(12-2)16-11(15-8)13-5-3-9-4-6-17-7-9/h7,9-11H,6,8H2,1-5H3;6,8-10H,5,7H2,1-4H3,(H,14,15,16);2*5,7-9H,4,6H2,1-3H3,(H2,13,14,15,16);4,6-8H,3,5H2,1-2H3,(H3,12,13,14,15);4,6-8H,3,5H2,1-2H3,(H3,12,13,14,15,16). The zero-order chi connectivity index (χ0) is 78.8. The quantitative estimate of drug-likeness (QED) is 0.0412. The molecular formula is C73H116N30S6. The molecule has 12 rings (SSSR count). The van der Waals surface area contributed by atoms with E-state index < -0.39 is 0 Å². The van der Waals surface area contributed by atoms with E-state index in [1.54, 1.807) is 82.1 Å². The van der Waals surface area contributed by atoms with Gasteiger partial charge in [-0.15, -0.1) is 0 Å². The van der Waals surface area contributed by atoms with Crippen molar-refractivity contribution in [2.24, 2.45) is 65.6 Å². The van der Waals surface area contributed by atoms with Crippen molar-refractivity contribution >= 4 is 140 Å². The fraction of sp³-hybridized carbons (Fsp3) is 0.507. The summed E-state index contributed by atoms with van der Waals surface area (Å²) >= 11 is 10.4. The van der Waals surface area contributed by atoms with Crippen LogP contribution in [0.3, 0.4) is 0 Å². The van der Waals surface area contributed by atoms with Crippen molar-refractivity contribution in [1.82, 2.24) is 87.1 Å². The lowest BCUT2D eigenvalue weighted by Crippen LogP contribution is -2.61. The maximum absolute atomic E-state index is 5.68. The van der Waals surface area contributed by atoms with Gasteiger partial charge in [0, 0.05) is 131 Å². The van der Waals surface area contributed by atoms with Crippen LogP contribution in [0.1, 0.15) is 74.9 Å². The van der Waals surface area contributed by atoms with E-state index in [1.807, 2.05) is 125 Å². The van der Waals surface area contributed by atoms with Crippen molar-refractivity contribution in [2.45, 2.75) is 117 Å². The van der Waals surface area contributed by atoms with Gasteiger partial charge in [0.25, 0.3) is 0 Å². The van der Waals surface area contributed by atoms with E-state index in [0.717, 1.165) is 143 Å². The molecule has 6 unspecified atom stereocenters. The van der Waals surface area contributed by atoms with Crippen molar-refractivity contribution in [3.8, 4) is 0 Å². The SMILES string of the molecule is CC1N=C(N(C)C)N(C)C(N(C)CCc2ccsc2)=N1.CC1N=C(N(C)C)NC(=NCCc2ccsc2)N1.CC1N=C(N(C)C)NC(N(C)CCc2ccsc2)=N1.CC1N=C(N)NC(N(C)CCc2ccsc2)=N1.CN=C1NC(=NCCc2ccsc2)NC(C)N1.CN=C1NC(N(C)CCc2ccsc2)=NC(C)N1. The van der Waals surface area contributed by atoms with Crippen molar-refractivity contribution in [2.75, 3.05) is 131 Å². The van der Waals surface area contributed by atoms with Gasteiger partial charge in [0.2, 0.25) is 41.7 Å². The van der Waals surface area contributed by atoms with Crippen LogP contribution >= 0.6 is 68.0 Å². The molecule has 6 atom stereocenters. The summed E-state index contributed by atoms with van der Waals surface area (Å²) in [6, 6.07) is 12.9. The minimum absolute atomic E-state index is 0.0257. The van der Waals surface area contributed by atoms with Gasteiger partial charge in [-0.3, -0.25) is 51.5 Å². The third-order valence-electron chi connectivity index (χ3n) is 16.5. The van der Waals surface area contributed by atoms with E-state index in [4.69, 9.17) is 5.73 Å². The van der Waals surface area contributed by atoms with Gasteiger partial charge in [-0.2, -0.15) is 68.0 Å². The van der Waals surface area contributed by atoms with Gasteiger partial charge in [0.05, 0.1) is 6.17 Å². The second kappa shape index (κ2) is 45.6. The largest absolute Gasteiger partial charge is 0.370 e. The summed E-state index contributed by atoms with van der Waals surface area (Å²) in [5.41, 5.74) is 13.8. The van der Waals surface area contributed by atoms with Gasteiger partial charge in [-0.05, 0) is 214 Å². The molecule has 6 aliphatic rings. The Hall–Kier alpha value is -9.36. The zero-order valence-electron chi connectivity index (χ0n) is 66.8. The highest BCUT2D eigenvalue weighted by molar-refractivity contribution is 7.09. The Morgan fingerprint density at radius 3 is 1.11 bits per heavy atom. The number of nitrogens with two attached hydrogens (primary N) is 1. The lowest BCUT2D eigenvalue weighted by atomic mass is 10.2.